The molecule has 18 heavy (non-hydrogen) atoms. The van der Waals surface area contributed by atoms with Gasteiger partial charge < -0.3 is 15.2 Å². The first-order valence-electron chi connectivity index (χ1n) is 4.93. The Bertz CT molecular complexity index is 466. The van der Waals surface area contributed by atoms with Crippen molar-refractivity contribution in [3.05, 3.63) is 33.1 Å². The molecule has 98 valence electrons. The van der Waals surface area contributed by atoms with Crippen LogP contribution >= 0.6 is 22.6 Å². The highest BCUT2D eigenvalue weighted by atomic mass is 127. The molecular formula is C11H11FINO4. The van der Waals surface area contributed by atoms with E-state index < -0.39 is 23.7 Å². The van der Waals surface area contributed by atoms with Gasteiger partial charge in [-0.2, -0.15) is 0 Å². The summed E-state index contributed by atoms with van der Waals surface area (Å²) < 4.78 is 18.0. The topological polar surface area (TPSA) is 75.6 Å². The van der Waals surface area contributed by atoms with E-state index in [0.717, 1.165) is 6.07 Å². The number of carbonyl (C=O) groups excluding carboxylic acids is 1. The van der Waals surface area contributed by atoms with Crippen molar-refractivity contribution in [3.63, 3.8) is 0 Å². The van der Waals surface area contributed by atoms with Crippen LogP contribution in [0.3, 0.4) is 0 Å². The lowest BCUT2D eigenvalue weighted by atomic mass is 10.2. The van der Waals surface area contributed by atoms with E-state index in [2.05, 4.69) is 5.32 Å². The third-order valence-corrected chi connectivity index (χ3v) is 3.01. The SMILES string of the molecule is COCC(NC(=O)c1ccc(F)cc1I)C(=O)O. The van der Waals surface area contributed by atoms with Gasteiger partial charge in [-0.15, -0.1) is 0 Å². The third-order valence-electron chi connectivity index (χ3n) is 2.11. The van der Waals surface area contributed by atoms with Crippen molar-refractivity contribution in [2.75, 3.05) is 13.7 Å². The largest absolute Gasteiger partial charge is 0.480 e. The van der Waals surface area contributed by atoms with Gasteiger partial charge in [-0.25, -0.2) is 9.18 Å². The average molecular weight is 367 g/mol. The molecule has 0 spiro atoms. The van der Waals surface area contributed by atoms with Crippen molar-refractivity contribution in [1.82, 2.24) is 5.32 Å². The van der Waals surface area contributed by atoms with E-state index in [-0.39, 0.29) is 12.2 Å². The molecule has 0 radical (unpaired) electrons. The summed E-state index contributed by atoms with van der Waals surface area (Å²) in [7, 11) is 1.34. The Morgan fingerprint density at radius 2 is 2.22 bits per heavy atom. The summed E-state index contributed by atoms with van der Waals surface area (Å²) in [6.07, 6.45) is 0. The van der Waals surface area contributed by atoms with Crippen LogP contribution in [0.15, 0.2) is 18.2 Å². The lowest BCUT2D eigenvalue weighted by molar-refractivity contribution is -0.140. The molecule has 0 heterocycles. The van der Waals surface area contributed by atoms with Crippen molar-refractivity contribution < 1.29 is 23.8 Å². The fourth-order valence-corrected chi connectivity index (χ4v) is 1.97. The summed E-state index contributed by atoms with van der Waals surface area (Å²) in [5, 5.41) is 11.2. The van der Waals surface area contributed by atoms with Gasteiger partial charge in [-0.3, -0.25) is 4.79 Å². The molecule has 0 aromatic heterocycles. The average Bonchev–Trinajstić information content (AvgIpc) is 2.27. The van der Waals surface area contributed by atoms with Crippen molar-refractivity contribution in [3.8, 4) is 0 Å². The highest BCUT2D eigenvalue weighted by Crippen LogP contribution is 2.14. The second kappa shape index (κ2) is 6.64. The number of carboxylic acids is 1. The van der Waals surface area contributed by atoms with Crippen LogP contribution in [0.1, 0.15) is 10.4 Å². The van der Waals surface area contributed by atoms with E-state index in [1.165, 1.54) is 19.2 Å². The van der Waals surface area contributed by atoms with E-state index in [9.17, 15) is 14.0 Å². The zero-order chi connectivity index (χ0) is 13.7. The fraction of sp³-hybridized carbons (Fsp3) is 0.273. The van der Waals surface area contributed by atoms with E-state index >= 15 is 0 Å². The number of nitrogens with one attached hydrogen (secondary N) is 1. The van der Waals surface area contributed by atoms with Gasteiger partial charge in [0.2, 0.25) is 0 Å². The predicted octanol–water partition coefficient (Wildman–Crippen LogP) is 1.26. The van der Waals surface area contributed by atoms with Gasteiger partial charge in [0, 0.05) is 10.7 Å². The van der Waals surface area contributed by atoms with Crippen molar-refractivity contribution in [1.29, 1.82) is 0 Å². The summed E-state index contributed by atoms with van der Waals surface area (Å²) in [4.78, 5) is 22.6. The second-order valence-corrected chi connectivity index (χ2v) is 4.61. The molecule has 1 unspecified atom stereocenters. The number of benzene rings is 1. The first-order valence-corrected chi connectivity index (χ1v) is 6.01. The lowest BCUT2D eigenvalue weighted by Gasteiger charge is -2.14. The molecule has 1 rings (SSSR count). The molecule has 1 aromatic carbocycles. The molecule has 0 aliphatic rings. The molecule has 0 aliphatic carbocycles. The highest BCUT2D eigenvalue weighted by molar-refractivity contribution is 14.1. The molecule has 0 aliphatic heterocycles. The van der Waals surface area contributed by atoms with Gasteiger partial charge in [0.25, 0.3) is 5.91 Å². The minimum atomic E-state index is -1.19. The molecule has 2 N–H and O–H groups in total. The molecule has 0 fully saturated rings. The maximum absolute atomic E-state index is 12.9. The number of methoxy groups -OCH3 is 1. The van der Waals surface area contributed by atoms with E-state index in [4.69, 9.17) is 9.84 Å². The van der Waals surface area contributed by atoms with Gasteiger partial charge in [-0.05, 0) is 40.8 Å². The smallest absolute Gasteiger partial charge is 0.328 e. The molecule has 5 nitrogen and oxygen atoms in total. The van der Waals surface area contributed by atoms with Crippen LogP contribution in [-0.2, 0) is 9.53 Å². The lowest BCUT2D eigenvalue weighted by Crippen LogP contribution is -2.44. The quantitative estimate of drug-likeness (QED) is 0.769. The van der Waals surface area contributed by atoms with Gasteiger partial charge >= 0.3 is 5.97 Å². The minimum absolute atomic E-state index is 0.140. The summed E-state index contributed by atoms with van der Waals surface area (Å²) in [6.45, 7) is -0.140. The van der Waals surface area contributed by atoms with Gasteiger partial charge in [0.05, 0.1) is 12.2 Å². The Balaban J connectivity index is 2.83. The molecular weight excluding hydrogens is 356 g/mol. The Labute approximate surface area is 116 Å². The molecule has 0 saturated heterocycles. The zero-order valence-electron chi connectivity index (χ0n) is 9.44. The number of rotatable bonds is 5. The molecule has 7 heteroatoms. The highest BCUT2D eigenvalue weighted by Gasteiger charge is 2.21. The van der Waals surface area contributed by atoms with Crippen molar-refractivity contribution in [2.24, 2.45) is 0 Å². The van der Waals surface area contributed by atoms with E-state index in [1.807, 2.05) is 22.6 Å². The predicted molar refractivity (Wildman–Crippen MR) is 69.9 cm³/mol. The van der Waals surface area contributed by atoms with Crippen LogP contribution < -0.4 is 5.32 Å². The molecule has 0 bridgehead atoms. The number of carbonyl (C=O) groups is 2. The number of halogens is 2. The van der Waals surface area contributed by atoms with Crippen LogP contribution in [0.2, 0.25) is 0 Å². The number of ether oxygens (including phenoxy) is 1. The van der Waals surface area contributed by atoms with Crippen molar-refractivity contribution >= 4 is 34.5 Å². The number of carboxylic acid groups (broad SMARTS) is 1. The normalized spacial score (nSPS) is 11.9. The summed E-state index contributed by atoms with van der Waals surface area (Å²) in [5.41, 5.74) is 0.222. The number of hydrogen-bond acceptors (Lipinski definition) is 3. The Morgan fingerprint density at radius 3 is 2.72 bits per heavy atom. The molecule has 1 aromatic rings. The summed E-state index contributed by atoms with van der Waals surface area (Å²) in [5.74, 6) is -2.23. The van der Waals surface area contributed by atoms with Crippen LogP contribution in [-0.4, -0.2) is 36.7 Å². The van der Waals surface area contributed by atoms with Crippen molar-refractivity contribution in [2.45, 2.75) is 6.04 Å². The third kappa shape index (κ3) is 3.91. The van der Waals surface area contributed by atoms with Crippen LogP contribution in [0.5, 0.6) is 0 Å². The minimum Gasteiger partial charge on any atom is -0.480 e. The fourth-order valence-electron chi connectivity index (χ4n) is 1.25. The maximum Gasteiger partial charge on any atom is 0.328 e. The van der Waals surface area contributed by atoms with Gasteiger partial charge in [0.1, 0.15) is 5.82 Å². The molecule has 1 amide bonds. The number of hydrogen-bond donors (Lipinski definition) is 2. The molecule has 0 saturated carbocycles. The number of aliphatic carboxylic acids is 1. The van der Waals surface area contributed by atoms with Crippen LogP contribution in [0, 0.1) is 9.39 Å². The number of amides is 1. The summed E-state index contributed by atoms with van der Waals surface area (Å²) >= 11 is 1.81. The second-order valence-electron chi connectivity index (χ2n) is 3.44. The zero-order valence-corrected chi connectivity index (χ0v) is 11.6. The Hall–Kier alpha value is -1.22. The van der Waals surface area contributed by atoms with Gasteiger partial charge in [0.15, 0.2) is 6.04 Å². The first kappa shape index (κ1) is 14.8. The Kier molecular flexibility index (Phi) is 5.48. The van der Waals surface area contributed by atoms with E-state index in [1.54, 1.807) is 0 Å². The van der Waals surface area contributed by atoms with Crippen LogP contribution in [0.25, 0.3) is 0 Å². The molecule has 1 atom stereocenters. The standard InChI is InChI=1S/C11H11FINO4/c1-18-5-9(11(16)17)14-10(15)7-3-2-6(12)4-8(7)13/h2-4,9H,5H2,1H3,(H,14,15)(H,16,17). The maximum atomic E-state index is 12.9. The van der Waals surface area contributed by atoms with Crippen LogP contribution in [0.4, 0.5) is 4.39 Å². The monoisotopic (exact) mass is 367 g/mol. The van der Waals surface area contributed by atoms with E-state index in [0.29, 0.717) is 3.57 Å². The van der Waals surface area contributed by atoms with Gasteiger partial charge in [-0.1, -0.05) is 0 Å². The summed E-state index contributed by atoms with van der Waals surface area (Å²) in [6, 6.07) is 2.51. The Morgan fingerprint density at radius 1 is 1.56 bits per heavy atom. The first-order chi connectivity index (χ1) is 8.45.